The molecule has 3 aromatic rings. The van der Waals surface area contributed by atoms with Gasteiger partial charge in [0.05, 0.1) is 0 Å². The first-order valence-electron chi connectivity index (χ1n) is 11.1. The third-order valence-electron chi connectivity index (χ3n) is 7.25. The minimum absolute atomic E-state index is 0.114. The fourth-order valence-electron chi connectivity index (χ4n) is 5.50. The molecule has 2 fully saturated rings. The minimum Gasteiger partial charge on any atom is -0.337 e. The molecule has 2 aromatic heterocycles. The van der Waals surface area contributed by atoms with Crippen molar-refractivity contribution in [2.45, 2.75) is 50.0 Å². The average Bonchev–Trinajstić information content (AvgIpc) is 3.20. The van der Waals surface area contributed by atoms with Gasteiger partial charge in [0.2, 0.25) is 5.89 Å². The lowest BCUT2D eigenvalue weighted by molar-refractivity contribution is 0.209. The van der Waals surface area contributed by atoms with Crippen LogP contribution in [0.2, 0.25) is 0 Å². The Bertz CT molecular complexity index is 1100. The molecular formula is C24H26N4O2. The van der Waals surface area contributed by atoms with Gasteiger partial charge >= 0.3 is 0 Å². The maximum Gasteiger partial charge on any atom is 0.266 e. The van der Waals surface area contributed by atoms with Gasteiger partial charge in [0.15, 0.2) is 0 Å². The van der Waals surface area contributed by atoms with Crippen LogP contribution in [0.15, 0.2) is 57.8 Å². The van der Waals surface area contributed by atoms with E-state index in [1.165, 1.54) is 12.0 Å². The molecule has 6 rings (SSSR count). The number of fused-ring (bicyclic) bond motifs is 4. The number of benzene rings is 1. The van der Waals surface area contributed by atoms with E-state index in [0.29, 0.717) is 17.8 Å². The lowest BCUT2D eigenvalue weighted by Crippen LogP contribution is -2.50. The topological polar surface area (TPSA) is 64.2 Å². The zero-order valence-corrected chi connectivity index (χ0v) is 17.0. The van der Waals surface area contributed by atoms with Gasteiger partial charge in [-0.1, -0.05) is 42.8 Å². The minimum atomic E-state index is 0.114. The molecule has 3 atom stereocenters. The number of aromatic nitrogens is 3. The Hall–Kier alpha value is -2.89. The molecule has 1 aromatic carbocycles. The van der Waals surface area contributed by atoms with Gasteiger partial charge in [-0.25, -0.2) is 0 Å². The molecule has 2 bridgehead atoms. The van der Waals surface area contributed by atoms with E-state index >= 15 is 0 Å². The summed E-state index contributed by atoms with van der Waals surface area (Å²) >= 11 is 0. The Labute approximate surface area is 175 Å². The van der Waals surface area contributed by atoms with Crippen LogP contribution in [-0.2, 0) is 6.42 Å². The van der Waals surface area contributed by atoms with E-state index in [-0.39, 0.29) is 11.6 Å². The first-order valence-corrected chi connectivity index (χ1v) is 11.1. The molecule has 6 heteroatoms. The highest BCUT2D eigenvalue weighted by Gasteiger charge is 2.41. The van der Waals surface area contributed by atoms with Gasteiger partial charge in [-0.3, -0.25) is 4.79 Å². The summed E-state index contributed by atoms with van der Waals surface area (Å²) in [5.74, 6) is 2.65. The van der Waals surface area contributed by atoms with Crippen LogP contribution in [-0.4, -0.2) is 27.8 Å². The molecule has 154 valence electrons. The van der Waals surface area contributed by atoms with Crippen molar-refractivity contribution in [3.63, 3.8) is 0 Å². The number of anilines is 1. The molecule has 0 N–H and O–H groups in total. The molecule has 0 unspecified atom stereocenters. The SMILES string of the molecule is O=c1cccc2n1[C@@H](Cc1ccccc1)[C@H]1C[C@@H]2CN(c2noc(C3CCC3)n2)C1. The summed E-state index contributed by atoms with van der Waals surface area (Å²) in [5.41, 5.74) is 2.53. The van der Waals surface area contributed by atoms with Crippen molar-refractivity contribution >= 4 is 5.95 Å². The molecule has 1 aliphatic carbocycles. The van der Waals surface area contributed by atoms with Crippen LogP contribution < -0.4 is 10.5 Å². The van der Waals surface area contributed by atoms with E-state index < -0.39 is 0 Å². The second-order valence-corrected chi connectivity index (χ2v) is 9.07. The highest BCUT2D eigenvalue weighted by molar-refractivity contribution is 5.34. The highest BCUT2D eigenvalue weighted by atomic mass is 16.5. The van der Waals surface area contributed by atoms with Crippen LogP contribution in [0.25, 0.3) is 0 Å². The van der Waals surface area contributed by atoms with Crippen molar-refractivity contribution in [3.05, 3.63) is 76.0 Å². The zero-order chi connectivity index (χ0) is 20.1. The van der Waals surface area contributed by atoms with E-state index in [9.17, 15) is 4.79 Å². The summed E-state index contributed by atoms with van der Waals surface area (Å²) in [6, 6.07) is 16.4. The van der Waals surface area contributed by atoms with Gasteiger partial charge < -0.3 is 14.0 Å². The van der Waals surface area contributed by atoms with Crippen LogP contribution in [0.4, 0.5) is 5.95 Å². The Morgan fingerprint density at radius 3 is 2.67 bits per heavy atom. The molecule has 0 radical (unpaired) electrons. The Morgan fingerprint density at radius 2 is 1.87 bits per heavy atom. The number of pyridine rings is 1. The summed E-state index contributed by atoms with van der Waals surface area (Å²) in [6.07, 6.45) is 5.53. The summed E-state index contributed by atoms with van der Waals surface area (Å²) < 4.78 is 7.67. The average molecular weight is 402 g/mol. The first-order chi connectivity index (χ1) is 14.8. The summed E-state index contributed by atoms with van der Waals surface area (Å²) in [4.78, 5) is 19.9. The third kappa shape index (κ3) is 2.97. The third-order valence-corrected chi connectivity index (χ3v) is 7.25. The van der Waals surface area contributed by atoms with Crippen LogP contribution in [0.5, 0.6) is 0 Å². The van der Waals surface area contributed by atoms with Crippen molar-refractivity contribution in [3.8, 4) is 0 Å². The molecule has 4 heterocycles. The highest BCUT2D eigenvalue weighted by Crippen LogP contribution is 2.43. The van der Waals surface area contributed by atoms with Crippen molar-refractivity contribution in [1.29, 1.82) is 0 Å². The number of hydrogen-bond acceptors (Lipinski definition) is 5. The molecule has 0 amide bonds. The second kappa shape index (κ2) is 7.11. The predicted octanol–water partition coefficient (Wildman–Crippen LogP) is 3.91. The normalized spacial score (nSPS) is 25.6. The molecule has 30 heavy (non-hydrogen) atoms. The molecule has 1 saturated heterocycles. The van der Waals surface area contributed by atoms with Gasteiger partial charge in [-0.2, -0.15) is 4.98 Å². The van der Waals surface area contributed by atoms with Crippen LogP contribution in [0.1, 0.15) is 60.7 Å². The van der Waals surface area contributed by atoms with Gasteiger partial charge in [0.25, 0.3) is 11.5 Å². The van der Waals surface area contributed by atoms with Crippen molar-refractivity contribution < 1.29 is 4.52 Å². The van der Waals surface area contributed by atoms with E-state index in [1.54, 1.807) is 6.07 Å². The molecular weight excluding hydrogens is 376 g/mol. The maximum atomic E-state index is 12.9. The van der Waals surface area contributed by atoms with Crippen LogP contribution >= 0.6 is 0 Å². The number of rotatable bonds is 4. The smallest absolute Gasteiger partial charge is 0.266 e. The van der Waals surface area contributed by atoms with Gasteiger partial charge in [0, 0.05) is 42.7 Å². The Morgan fingerprint density at radius 1 is 1.00 bits per heavy atom. The van der Waals surface area contributed by atoms with Gasteiger partial charge in [-0.15, -0.1) is 0 Å². The number of hydrogen-bond donors (Lipinski definition) is 0. The lowest BCUT2D eigenvalue weighted by atomic mass is 9.77. The van der Waals surface area contributed by atoms with Crippen molar-refractivity contribution in [1.82, 2.24) is 14.7 Å². The number of nitrogens with zero attached hydrogens (tertiary/aromatic N) is 4. The van der Waals surface area contributed by atoms with Crippen molar-refractivity contribution in [2.24, 2.45) is 5.92 Å². The van der Waals surface area contributed by atoms with E-state index in [1.807, 2.05) is 12.1 Å². The first kappa shape index (κ1) is 17.9. The summed E-state index contributed by atoms with van der Waals surface area (Å²) in [7, 11) is 0. The second-order valence-electron chi connectivity index (χ2n) is 9.07. The van der Waals surface area contributed by atoms with E-state index in [0.717, 1.165) is 56.3 Å². The molecule has 6 nitrogen and oxygen atoms in total. The van der Waals surface area contributed by atoms with Gasteiger partial charge in [-0.05, 0) is 48.4 Å². The molecule has 3 aliphatic rings. The lowest BCUT2D eigenvalue weighted by Gasteiger charge is -2.46. The van der Waals surface area contributed by atoms with Crippen LogP contribution in [0.3, 0.4) is 0 Å². The monoisotopic (exact) mass is 402 g/mol. The molecule has 0 spiro atoms. The quantitative estimate of drug-likeness (QED) is 0.662. The number of piperidine rings is 1. The fourth-order valence-corrected chi connectivity index (χ4v) is 5.50. The summed E-state index contributed by atoms with van der Waals surface area (Å²) in [6.45, 7) is 1.69. The molecule has 2 aliphatic heterocycles. The van der Waals surface area contributed by atoms with Crippen molar-refractivity contribution in [2.75, 3.05) is 18.0 Å². The fraction of sp³-hybridized carbons (Fsp3) is 0.458. The zero-order valence-electron chi connectivity index (χ0n) is 17.0. The van der Waals surface area contributed by atoms with E-state index in [4.69, 9.17) is 9.51 Å². The predicted molar refractivity (Wildman–Crippen MR) is 114 cm³/mol. The van der Waals surface area contributed by atoms with Gasteiger partial charge in [0.1, 0.15) is 0 Å². The van der Waals surface area contributed by atoms with Crippen LogP contribution in [0, 0.1) is 5.92 Å². The maximum absolute atomic E-state index is 12.9. The molecule has 1 saturated carbocycles. The Balaban J connectivity index is 1.35. The van der Waals surface area contributed by atoms with E-state index in [2.05, 4.69) is 45.0 Å². The Kier molecular flexibility index (Phi) is 4.25. The summed E-state index contributed by atoms with van der Waals surface area (Å²) in [5, 5.41) is 4.32. The largest absolute Gasteiger partial charge is 0.337 e. The standard InChI is InChI=1S/C24H26N4O2/c29-22-11-5-10-20-18-13-19(21(28(20)22)12-16-6-2-1-3-7-16)15-27(14-18)24-25-23(30-26-24)17-8-4-9-17/h1-3,5-7,10-11,17-19,21H,4,8-9,12-15H2/t18-,19+,21+/m1/s1.